The number of fused-ring (bicyclic) bond motifs is 1. The number of anilines is 1. The highest BCUT2D eigenvalue weighted by Gasteiger charge is 2.27. The molecule has 1 saturated heterocycles. The summed E-state index contributed by atoms with van der Waals surface area (Å²) in [5, 5.41) is 2.72. The van der Waals surface area contributed by atoms with Crippen molar-refractivity contribution in [1.82, 2.24) is 10.2 Å². The van der Waals surface area contributed by atoms with Crippen LogP contribution in [0.5, 0.6) is 5.75 Å². The van der Waals surface area contributed by atoms with Crippen molar-refractivity contribution in [3.8, 4) is 5.75 Å². The Bertz CT molecular complexity index is 687. The van der Waals surface area contributed by atoms with E-state index in [9.17, 15) is 14.4 Å². The van der Waals surface area contributed by atoms with Crippen molar-refractivity contribution in [2.24, 2.45) is 0 Å². The molecule has 26 heavy (non-hydrogen) atoms. The number of amides is 3. The van der Waals surface area contributed by atoms with Crippen molar-refractivity contribution in [3.05, 3.63) is 24.3 Å². The quantitative estimate of drug-likeness (QED) is 0.808. The molecule has 8 heteroatoms. The smallest absolute Gasteiger partial charge is 0.265 e. The number of nitrogens with one attached hydrogen (secondary N) is 1. The highest BCUT2D eigenvalue weighted by molar-refractivity contribution is 5.98. The number of carbonyl (C=O) groups is 3. The van der Waals surface area contributed by atoms with E-state index in [4.69, 9.17) is 9.47 Å². The Morgan fingerprint density at radius 1 is 1.23 bits per heavy atom. The van der Waals surface area contributed by atoms with E-state index >= 15 is 0 Å². The van der Waals surface area contributed by atoms with Gasteiger partial charge in [0, 0.05) is 26.1 Å². The van der Waals surface area contributed by atoms with E-state index < -0.39 is 6.04 Å². The summed E-state index contributed by atoms with van der Waals surface area (Å²) in [6, 6.07) is 6.62. The SMILES string of the molecule is C[C@H](NC(=O)CCN1C(=O)COc2ccccc21)C(=O)N1CCOCC1. The second kappa shape index (κ2) is 8.18. The first kappa shape index (κ1) is 18.2. The predicted molar refractivity (Wildman–Crippen MR) is 93.9 cm³/mol. The van der Waals surface area contributed by atoms with E-state index in [1.807, 2.05) is 12.1 Å². The van der Waals surface area contributed by atoms with Gasteiger partial charge in [0.15, 0.2) is 6.61 Å². The number of hydrogen-bond donors (Lipinski definition) is 1. The van der Waals surface area contributed by atoms with Gasteiger partial charge in [-0.15, -0.1) is 0 Å². The van der Waals surface area contributed by atoms with Gasteiger partial charge in [-0.05, 0) is 19.1 Å². The molecule has 0 unspecified atom stereocenters. The Morgan fingerprint density at radius 2 is 1.96 bits per heavy atom. The van der Waals surface area contributed by atoms with E-state index in [0.717, 1.165) is 0 Å². The van der Waals surface area contributed by atoms with Crippen LogP contribution in [-0.4, -0.2) is 68.1 Å². The van der Waals surface area contributed by atoms with Crippen LogP contribution in [0.2, 0.25) is 0 Å². The second-order valence-corrected chi connectivity index (χ2v) is 6.28. The zero-order valence-corrected chi connectivity index (χ0v) is 14.8. The Morgan fingerprint density at radius 3 is 2.73 bits per heavy atom. The number of hydrogen-bond acceptors (Lipinski definition) is 5. The van der Waals surface area contributed by atoms with Gasteiger partial charge in [0.1, 0.15) is 11.8 Å². The molecular weight excluding hydrogens is 338 g/mol. The minimum atomic E-state index is -0.603. The van der Waals surface area contributed by atoms with Crippen LogP contribution < -0.4 is 15.0 Å². The van der Waals surface area contributed by atoms with E-state index in [1.165, 1.54) is 0 Å². The van der Waals surface area contributed by atoms with Gasteiger partial charge in [-0.2, -0.15) is 0 Å². The summed E-state index contributed by atoms with van der Waals surface area (Å²) in [6.07, 6.45) is 0.112. The van der Waals surface area contributed by atoms with Crippen molar-refractivity contribution in [2.75, 3.05) is 44.4 Å². The summed E-state index contributed by atoms with van der Waals surface area (Å²) in [6.45, 7) is 3.99. The molecular formula is C18H23N3O5. The molecule has 3 amide bonds. The number of benzene rings is 1. The molecule has 140 valence electrons. The summed E-state index contributed by atoms with van der Waals surface area (Å²) in [5.74, 6) is 0.0580. The molecule has 0 aliphatic carbocycles. The van der Waals surface area contributed by atoms with E-state index in [-0.39, 0.29) is 37.3 Å². The van der Waals surface area contributed by atoms with Gasteiger partial charge < -0.3 is 24.6 Å². The number of rotatable bonds is 5. The normalized spacial score (nSPS) is 18.0. The average Bonchev–Trinajstić information content (AvgIpc) is 2.67. The fourth-order valence-corrected chi connectivity index (χ4v) is 3.05. The van der Waals surface area contributed by atoms with Crippen LogP contribution >= 0.6 is 0 Å². The Balaban J connectivity index is 1.52. The molecule has 1 atom stereocenters. The van der Waals surface area contributed by atoms with Crippen molar-refractivity contribution in [1.29, 1.82) is 0 Å². The van der Waals surface area contributed by atoms with Crippen LogP contribution in [0.15, 0.2) is 24.3 Å². The van der Waals surface area contributed by atoms with E-state index in [2.05, 4.69) is 5.32 Å². The lowest BCUT2D eigenvalue weighted by atomic mass is 10.2. The number of morpholine rings is 1. The molecule has 1 aromatic rings. The second-order valence-electron chi connectivity index (χ2n) is 6.28. The lowest BCUT2D eigenvalue weighted by molar-refractivity contribution is -0.139. The summed E-state index contributed by atoms with van der Waals surface area (Å²) < 4.78 is 10.6. The molecule has 1 aromatic carbocycles. The van der Waals surface area contributed by atoms with Crippen LogP contribution in [0.1, 0.15) is 13.3 Å². The average molecular weight is 361 g/mol. The first-order valence-corrected chi connectivity index (χ1v) is 8.74. The molecule has 2 heterocycles. The molecule has 0 bridgehead atoms. The first-order valence-electron chi connectivity index (χ1n) is 8.74. The monoisotopic (exact) mass is 361 g/mol. The number of para-hydroxylation sites is 2. The third-order valence-corrected chi connectivity index (χ3v) is 4.44. The zero-order valence-electron chi connectivity index (χ0n) is 14.8. The zero-order chi connectivity index (χ0) is 18.5. The third kappa shape index (κ3) is 4.13. The number of nitrogens with zero attached hydrogens (tertiary/aromatic N) is 2. The summed E-state index contributed by atoms with van der Waals surface area (Å²) >= 11 is 0. The van der Waals surface area contributed by atoms with Crippen LogP contribution in [0.4, 0.5) is 5.69 Å². The molecule has 2 aliphatic heterocycles. The molecule has 0 saturated carbocycles. The molecule has 0 spiro atoms. The van der Waals surface area contributed by atoms with Gasteiger partial charge in [0.05, 0.1) is 18.9 Å². The molecule has 0 aromatic heterocycles. The minimum absolute atomic E-state index is 0.0372. The van der Waals surface area contributed by atoms with Crippen LogP contribution in [0, 0.1) is 0 Å². The fraction of sp³-hybridized carbons (Fsp3) is 0.500. The maximum Gasteiger partial charge on any atom is 0.265 e. The maximum absolute atomic E-state index is 12.3. The standard InChI is InChI=1S/C18H23N3O5/c1-13(18(24)20-8-10-25-11-9-20)19-16(22)6-7-21-14-4-2-3-5-15(14)26-12-17(21)23/h2-5,13H,6-12H2,1H3,(H,19,22)/t13-/m0/s1. The molecule has 8 nitrogen and oxygen atoms in total. The first-order chi connectivity index (χ1) is 12.6. The Kier molecular flexibility index (Phi) is 5.72. The van der Waals surface area contributed by atoms with E-state index in [1.54, 1.807) is 28.9 Å². The van der Waals surface area contributed by atoms with Crippen molar-refractivity contribution >= 4 is 23.4 Å². The summed E-state index contributed by atoms with van der Waals surface area (Å²) in [4.78, 5) is 39.9. The van der Waals surface area contributed by atoms with Gasteiger partial charge in [0.25, 0.3) is 5.91 Å². The van der Waals surface area contributed by atoms with Crippen LogP contribution in [-0.2, 0) is 19.1 Å². The lowest BCUT2D eigenvalue weighted by Crippen LogP contribution is -2.51. The maximum atomic E-state index is 12.3. The molecule has 1 fully saturated rings. The van der Waals surface area contributed by atoms with Gasteiger partial charge in [0.2, 0.25) is 11.8 Å². The van der Waals surface area contributed by atoms with Crippen molar-refractivity contribution in [3.63, 3.8) is 0 Å². The summed E-state index contributed by atoms with van der Waals surface area (Å²) in [7, 11) is 0. The third-order valence-electron chi connectivity index (χ3n) is 4.44. The Hall–Kier alpha value is -2.61. The topological polar surface area (TPSA) is 88.2 Å². The van der Waals surface area contributed by atoms with Crippen LogP contribution in [0.3, 0.4) is 0 Å². The highest BCUT2D eigenvalue weighted by atomic mass is 16.5. The largest absolute Gasteiger partial charge is 0.482 e. The molecule has 0 radical (unpaired) electrons. The van der Waals surface area contributed by atoms with Crippen LogP contribution in [0.25, 0.3) is 0 Å². The Labute approximate surface area is 152 Å². The predicted octanol–water partition coefficient (Wildman–Crippen LogP) is 0.166. The fourth-order valence-electron chi connectivity index (χ4n) is 3.05. The highest BCUT2D eigenvalue weighted by Crippen LogP contribution is 2.31. The summed E-state index contributed by atoms with van der Waals surface area (Å²) in [5.41, 5.74) is 0.661. The number of ether oxygens (including phenoxy) is 2. The molecule has 2 aliphatic rings. The molecule has 1 N–H and O–H groups in total. The van der Waals surface area contributed by atoms with Crippen molar-refractivity contribution < 1.29 is 23.9 Å². The number of carbonyl (C=O) groups excluding carboxylic acids is 3. The van der Waals surface area contributed by atoms with E-state index in [0.29, 0.717) is 37.7 Å². The van der Waals surface area contributed by atoms with Crippen molar-refractivity contribution in [2.45, 2.75) is 19.4 Å². The van der Waals surface area contributed by atoms with Gasteiger partial charge in [-0.25, -0.2) is 0 Å². The lowest BCUT2D eigenvalue weighted by Gasteiger charge is -2.30. The van der Waals surface area contributed by atoms with Gasteiger partial charge in [-0.3, -0.25) is 14.4 Å². The minimum Gasteiger partial charge on any atom is -0.482 e. The molecule has 3 rings (SSSR count). The van der Waals surface area contributed by atoms with Gasteiger partial charge >= 0.3 is 0 Å². The van der Waals surface area contributed by atoms with Gasteiger partial charge in [-0.1, -0.05) is 12.1 Å².